The van der Waals surface area contributed by atoms with Gasteiger partial charge in [0.1, 0.15) is 29.0 Å². The molecule has 8 rings (SSSR count). The van der Waals surface area contributed by atoms with Crippen LogP contribution >= 0.6 is 0 Å². The van der Waals surface area contributed by atoms with Crippen LogP contribution in [-0.2, 0) is 25.6 Å². The molecule has 4 aromatic rings. The maximum Gasteiger partial charge on any atom is 0.410 e. The number of aliphatic hydroxyl groups is 2. The number of amides is 1. The molecule has 0 bridgehead atoms. The number of ether oxygens (including phenoxy) is 6. The summed E-state index contributed by atoms with van der Waals surface area (Å²) in [4.78, 5) is 35.2. The Morgan fingerprint density at radius 1 is 0.942 bits per heavy atom. The van der Waals surface area contributed by atoms with Crippen LogP contribution in [0.5, 0.6) is 23.0 Å². The zero-order chi connectivity index (χ0) is 48.2. The molecule has 13 heteroatoms. The second-order valence-electron chi connectivity index (χ2n) is 18.3. The van der Waals surface area contributed by atoms with Crippen LogP contribution in [0.15, 0.2) is 121 Å². The van der Waals surface area contributed by atoms with Crippen LogP contribution in [0.2, 0.25) is 0 Å². The molecule has 2 heterocycles. The largest absolute Gasteiger partial charge is 0.496 e. The van der Waals surface area contributed by atoms with Gasteiger partial charge in [-0.25, -0.2) is 4.79 Å². The van der Waals surface area contributed by atoms with Gasteiger partial charge >= 0.3 is 6.09 Å². The lowest BCUT2D eigenvalue weighted by Crippen LogP contribution is -2.70. The molecular formula is C56H66N2O11. The number of aldehydes is 1. The van der Waals surface area contributed by atoms with E-state index in [9.17, 15) is 15.0 Å². The number of benzene rings is 4. The third-order valence-electron chi connectivity index (χ3n) is 14.0. The molecule has 7 unspecified atom stereocenters. The van der Waals surface area contributed by atoms with Gasteiger partial charge in [-0.1, -0.05) is 78.7 Å². The smallest absolute Gasteiger partial charge is 0.410 e. The Kier molecular flexibility index (Phi) is 16.9. The van der Waals surface area contributed by atoms with Crippen molar-refractivity contribution in [3.05, 3.63) is 133 Å². The second-order valence-corrected chi connectivity index (χ2v) is 18.3. The number of nitrogens with zero attached hydrogens (tertiary/aromatic N) is 2. The Bertz CT molecular complexity index is 2480. The molecule has 0 spiro atoms. The number of rotatable bonds is 23. The third kappa shape index (κ3) is 10.9. The summed E-state index contributed by atoms with van der Waals surface area (Å²) in [6, 6.07) is 24.2. The second kappa shape index (κ2) is 23.5. The number of unbranched alkanes of at least 4 members (excludes halogenated alkanes) is 2. The molecule has 1 amide bonds. The summed E-state index contributed by atoms with van der Waals surface area (Å²) in [5.74, 6) is -0.418. The fraction of sp³-hybridized carbons (Fsp3) is 0.446. The van der Waals surface area contributed by atoms with Crippen LogP contribution in [0.4, 0.5) is 4.79 Å². The average molecular weight is 943 g/mol. The Balaban J connectivity index is 1.35. The highest BCUT2D eigenvalue weighted by Gasteiger charge is 2.66. The van der Waals surface area contributed by atoms with Crippen molar-refractivity contribution in [2.45, 2.75) is 101 Å². The Morgan fingerprint density at radius 3 is 2.51 bits per heavy atom. The molecule has 13 nitrogen and oxygen atoms in total. The summed E-state index contributed by atoms with van der Waals surface area (Å²) >= 11 is 0. The number of allylic oxidation sites excluding steroid dienone is 1. The van der Waals surface area contributed by atoms with Crippen LogP contribution in [0, 0.1) is 17.8 Å². The number of fused-ring (bicyclic) bond motifs is 3. The number of aliphatic hydroxyl groups excluding tert-OH is 2. The lowest BCUT2D eigenvalue weighted by atomic mass is 9.55. The predicted octanol–water partition coefficient (Wildman–Crippen LogP) is 10.8. The molecule has 1 saturated heterocycles. The zero-order valence-electron chi connectivity index (χ0n) is 39.7. The van der Waals surface area contributed by atoms with Crippen molar-refractivity contribution in [2.75, 3.05) is 40.1 Å². The molecule has 2 aliphatic carbocycles. The van der Waals surface area contributed by atoms with Crippen molar-refractivity contribution in [1.29, 1.82) is 0 Å². The number of oxime groups is 1. The summed E-state index contributed by atoms with van der Waals surface area (Å²) in [5, 5.41) is 27.2. The van der Waals surface area contributed by atoms with Gasteiger partial charge in [0, 0.05) is 37.5 Å². The van der Waals surface area contributed by atoms with Crippen molar-refractivity contribution in [3.63, 3.8) is 0 Å². The quantitative estimate of drug-likeness (QED) is 0.0316. The summed E-state index contributed by atoms with van der Waals surface area (Å²) in [7, 11) is 1.52. The van der Waals surface area contributed by atoms with E-state index in [1.807, 2.05) is 42.5 Å². The van der Waals surface area contributed by atoms with Gasteiger partial charge in [0.25, 0.3) is 0 Å². The first-order valence-electron chi connectivity index (χ1n) is 24.5. The van der Waals surface area contributed by atoms with E-state index in [2.05, 4.69) is 37.4 Å². The molecule has 0 aromatic heterocycles. The third-order valence-corrected chi connectivity index (χ3v) is 14.0. The molecule has 7 atom stereocenters. The number of methoxy groups -OCH3 is 1. The topological polar surface area (TPSA) is 155 Å². The fourth-order valence-electron chi connectivity index (χ4n) is 10.9. The monoisotopic (exact) mass is 942 g/mol. The van der Waals surface area contributed by atoms with E-state index in [0.29, 0.717) is 66.6 Å². The standard InChI is InChI=1S/C56H66N2O11/c1-4-6-30-65-55(62)58(36-40-19-15-18-38-16-7-8-20-44(38)40)51-35-48(57-69-52-22-11-14-31-64-52)46-33-39(17-9-12-27-59)45(21-10-13-28-60)53-47-34-43(67-42-23-25-49(63-3)41(32-42)37-61)24-26-50(47)68-56(51,54(46)53)66-29-5-2/h4-5,7-8,15-16,18-20,23-26,32-34,37,39,45,51-54,59-60H,1-2,6,9-14,17,21-22,27-31,35-36H2,3H3. The SMILES string of the molecule is C=CCCOC(=O)N(Cc1cccc2ccccc12)C1CC(=NOC2CCCCO2)C2=CC(CCCCO)C(CCCCO)C3c4cc(Oc5ccc(OC)c(C=O)c5)ccc4OC1(OCC=C)C23. The van der Waals surface area contributed by atoms with Gasteiger partial charge in [0.2, 0.25) is 12.1 Å². The van der Waals surface area contributed by atoms with Crippen molar-refractivity contribution in [1.82, 2.24) is 4.90 Å². The molecule has 0 radical (unpaired) electrons. The summed E-state index contributed by atoms with van der Waals surface area (Å²) in [6.45, 7) is 9.05. The van der Waals surface area contributed by atoms with Crippen LogP contribution in [0.3, 0.4) is 0 Å². The van der Waals surface area contributed by atoms with Crippen LogP contribution in [0.25, 0.3) is 10.8 Å². The molecule has 2 fully saturated rings. The van der Waals surface area contributed by atoms with Gasteiger partial charge in [-0.3, -0.25) is 9.69 Å². The van der Waals surface area contributed by atoms with Crippen LogP contribution < -0.4 is 14.2 Å². The Labute approximate surface area is 405 Å². The molecule has 69 heavy (non-hydrogen) atoms. The maximum atomic E-state index is 15.0. The first kappa shape index (κ1) is 49.4. The Hall–Kier alpha value is -5.99. The van der Waals surface area contributed by atoms with Gasteiger partial charge in [-0.05, 0) is 115 Å². The number of hydrogen-bond acceptors (Lipinski definition) is 12. The first-order chi connectivity index (χ1) is 33.9. The lowest BCUT2D eigenvalue weighted by molar-refractivity contribution is -0.256. The van der Waals surface area contributed by atoms with E-state index in [1.165, 1.54) is 7.11 Å². The number of carbonyl (C=O) groups is 2. The van der Waals surface area contributed by atoms with Gasteiger partial charge in [0.15, 0.2) is 6.29 Å². The zero-order valence-corrected chi connectivity index (χ0v) is 39.7. The normalized spacial score (nSPS) is 24.2. The number of hydrogen-bond donors (Lipinski definition) is 2. The van der Waals surface area contributed by atoms with Crippen LogP contribution in [-0.4, -0.2) is 91.5 Å². The highest BCUT2D eigenvalue weighted by molar-refractivity contribution is 6.03. The van der Waals surface area contributed by atoms with E-state index in [-0.39, 0.29) is 57.1 Å². The van der Waals surface area contributed by atoms with Crippen molar-refractivity contribution < 1.29 is 53.1 Å². The highest BCUT2D eigenvalue weighted by atomic mass is 16.8. The minimum absolute atomic E-state index is 0.0131. The molecule has 366 valence electrons. The number of carbonyl (C=O) groups excluding carboxylic acids is 2. The molecular weight excluding hydrogens is 877 g/mol. The first-order valence-corrected chi connectivity index (χ1v) is 24.5. The molecule has 4 aliphatic rings. The molecule has 2 N–H and O–H groups in total. The van der Waals surface area contributed by atoms with Crippen molar-refractivity contribution in [2.24, 2.45) is 22.9 Å². The average Bonchev–Trinajstić information content (AvgIpc) is 3.38. The van der Waals surface area contributed by atoms with E-state index in [1.54, 1.807) is 35.3 Å². The van der Waals surface area contributed by atoms with Gasteiger partial charge in [0.05, 0.1) is 50.7 Å². The fourth-order valence-corrected chi connectivity index (χ4v) is 10.9. The van der Waals surface area contributed by atoms with E-state index in [0.717, 1.165) is 72.3 Å². The maximum absolute atomic E-state index is 15.0. The van der Waals surface area contributed by atoms with Crippen molar-refractivity contribution in [3.8, 4) is 23.0 Å². The van der Waals surface area contributed by atoms with Gasteiger partial charge < -0.3 is 43.5 Å². The summed E-state index contributed by atoms with van der Waals surface area (Å²) in [5.41, 5.74) is 3.71. The molecule has 1 saturated carbocycles. The van der Waals surface area contributed by atoms with Gasteiger partial charge in [-0.2, -0.15) is 0 Å². The van der Waals surface area contributed by atoms with Crippen LogP contribution in [0.1, 0.15) is 98.0 Å². The molecule has 2 aliphatic heterocycles. The van der Waals surface area contributed by atoms with E-state index in [4.69, 9.17) is 38.4 Å². The summed E-state index contributed by atoms with van der Waals surface area (Å²) < 4.78 is 38.8. The van der Waals surface area contributed by atoms with Crippen molar-refractivity contribution >= 4 is 28.9 Å². The lowest BCUT2D eigenvalue weighted by Gasteiger charge is -2.60. The van der Waals surface area contributed by atoms with E-state index < -0.39 is 30.1 Å². The predicted molar refractivity (Wildman–Crippen MR) is 264 cm³/mol. The highest BCUT2D eigenvalue weighted by Crippen LogP contribution is 2.62. The minimum Gasteiger partial charge on any atom is -0.496 e. The molecule has 4 aromatic carbocycles. The van der Waals surface area contributed by atoms with E-state index >= 15 is 4.79 Å². The summed E-state index contributed by atoms with van der Waals surface area (Å²) in [6.07, 6.45) is 13.0. The Morgan fingerprint density at radius 2 is 1.74 bits per heavy atom. The van der Waals surface area contributed by atoms with Gasteiger partial charge in [-0.15, -0.1) is 13.2 Å². The minimum atomic E-state index is -1.53.